The zero-order valence-corrected chi connectivity index (χ0v) is 11.3. The summed E-state index contributed by atoms with van der Waals surface area (Å²) in [6.45, 7) is 2.67. The van der Waals surface area contributed by atoms with E-state index in [0.717, 1.165) is 6.42 Å². The summed E-state index contributed by atoms with van der Waals surface area (Å²) in [7, 11) is -3.68. The molecule has 0 spiro atoms. The van der Waals surface area contributed by atoms with Gasteiger partial charge in [0.2, 0.25) is 10.0 Å². The van der Waals surface area contributed by atoms with E-state index in [1.54, 1.807) is 12.4 Å². The number of aryl methyl sites for hydroxylation is 1. The van der Waals surface area contributed by atoms with E-state index in [-0.39, 0.29) is 17.3 Å². The quantitative estimate of drug-likeness (QED) is 0.694. The van der Waals surface area contributed by atoms with Crippen LogP contribution in [0.25, 0.3) is 0 Å². The van der Waals surface area contributed by atoms with Crippen LogP contribution in [0.3, 0.4) is 0 Å². The minimum Gasteiger partial charge on any atom is -0.381 e. The molecule has 8 nitrogen and oxygen atoms in total. The van der Waals surface area contributed by atoms with Crippen LogP contribution in [0.15, 0.2) is 23.5 Å². The molecule has 4 N–H and O–H groups in total. The number of hydrogen-bond donors (Lipinski definition) is 3. The lowest BCUT2D eigenvalue weighted by atomic mass is 10.5. The summed E-state index contributed by atoms with van der Waals surface area (Å²) < 4.78 is 28.1. The van der Waals surface area contributed by atoms with Crippen molar-refractivity contribution >= 4 is 15.8 Å². The Morgan fingerprint density at radius 3 is 2.95 bits per heavy atom. The summed E-state index contributed by atoms with van der Waals surface area (Å²) in [5, 5.41) is 3.96. The molecule has 0 aliphatic carbocycles. The van der Waals surface area contributed by atoms with Crippen LogP contribution in [0.2, 0.25) is 0 Å². The number of H-pyrrole nitrogens is 1. The number of aromatic nitrogens is 4. The number of nitrogens with two attached hydrogens (primary N) is 1. The average Bonchev–Trinajstić information content (AvgIpc) is 2.97. The Balaban J connectivity index is 2.14. The lowest BCUT2D eigenvalue weighted by molar-refractivity contribution is 0.577. The SMILES string of the molecule is CCCn1cc(S(=O)(=O)NCc2ncc[nH]2)c(N)n1. The van der Waals surface area contributed by atoms with Gasteiger partial charge in [-0.3, -0.25) is 4.68 Å². The van der Waals surface area contributed by atoms with Gasteiger partial charge in [0, 0.05) is 25.1 Å². The second-order valence-corrected chi connectivity index (χ2v) is 5.74. The fourth-order valence-corrected chi connectivity index (χ4v) is 2.66. The molecule has 9 heteroatoms. The lowest BCUT2D eigenvalue weighted by Crippen LogP contribution is -2.24. The first kappa shape index (κ1) is 13.6. The molecule has 104 valence electrons. The number of hydrogen-bond acceptors (Lipinski definition) is 5. The van der Waals surface area contributed by atoms with Crippen molar-refractivity contribution in [1.29, 1.82) is 0 Å². The van der Waals surface area contributed by atoms with Gasteiger partial charge in [-0.05, 0) is 6.42 Å². The van der Waals surface area contributed by atoms with Crippen LogP contribution in [-0.4, -0.2) is 28.2 Å². The molecule has 0 fully saturated rings. The summed E-state index contributed by atoms with van der Waals surface area (Å²) in [5.41, 5.74) is 5.63. The van der Waals surface area contributed by atoms with Gasteiger partial charge in [0.25, 0.3) is 0 Å². The van der Waals surface area contributed by atoms with E-state index in [4.69, 9.17) is 5.73 Å². The molecular weight excluding hydrogens is 268 g/mol. The maximum Gasteiger partial charge on any atom is 0.246 e. The standard InChI is InChI=1S/C10H16N6O2S/c1-2-5-16-7-8(10(11)15-16)19(17,18)14-6-9-12-3-4-13-9/h3-4,7,14H,2,5-6H2,1H3,(H2,11,15)(H,12,13). The number of nitrogens with one attached hydrogen (secondary N) is 2. The molecule has 0 aliphatic rings. The highest BCUT2D eigenvalue weighted by molar-refractivity contribution is 7.89. The minimum absolute atomic E-state index is 0.000366. The molecule has 0 aliphatic heterocycles. The Labute approximate surface area is 111 Å². The number of imidazole rings is 1. The van der Waals surface area contributed by atoms with Gasteiger partial charge in [-0.25, -0.2) is 18.1 Å². The topological polar surface area (TPSA) is 119 Å². The molecule has 2 aromatic rings. The van der Waals surface area contributed by atoms with Gasteiger partial charge in [-0.2, -0.15) is 5.10 Å². The van der Waals surface area contributed by atoms with Gasteiger partial charge < -0.3 is 10.7 Å². The Hall–Kier alpha value is -1.87. The number of sulfonamides is 1. The van der Waals surface area contributed by atoms with Crippen LogP contribution in [0, 0.1) is 0 Å². The molecule has 2 rings (SSSR count). The number of aromatic amines is 1. The van der Waals surface area contributed by atoms with E-state index >= 15 is 0 Å². The second-order valence-electron chi connectivity index (χ2n) is 4.00. The van der Waals surface area contributed by atoms with E-state index < -0.39 is 10.0 Å². The van der Waals surface area contributed by atoms with Gasteiger partial charge in [0.05, 0.1) is 6.54 Å². The first-order valence-corrected chi connectivity index (χ1v) is 7.32. The van der Waals surface area contributed by atoms with E-state index in [9.17, 15) is 8.42 Å². The third-order valence-electron chi connectivity index (χ3n) is 2.48. The smallest absolute Gasteiger partial charge is 0.246 e. The van der Waals surface area contributed by atoms with Crippen LogP contribution >= 0.6 is 0 Å². The molecule has 2 heterocycles. The van der Waals surface area contributed by atoms with Crippen LogP contribution in [-0.2, 0) is 23.1 Å². The summed E-state index contributed by atoms with van der Waals surface area (Å²) in [5.74, 6) is 0.531. The summed E-state index contributed by atoms with van der Waals surface area (Å²) in [4.78, 5) is 6.74. The van der Waals surface area contributed by atoms with Gasteiger partial charge in [-0.15, -0.1) is 0 Å². The predicted octanol–water partition coefficient (Wildman–Crippen LogP) is 0.0769. The summed E-state index contributed by atoms with van der Waals surface area (Å²) in [6.07, 6.45) is 5.46. The van der Waals surface area contributed by atoms with E-state index in [2.05, 4.69) is 19.8 Å². The average molecular weight is 284 g/mol. The van der Waals surface area contributed by atoms with Gasteiger partial charge in [0.1, 0.15) is 10.7 Å². The molecule has 0 radical (unpaired) electrons. The maximum atomic E-state index is 12.1. The molecule has 0 amide bonds. The van der Waals surface area contributed by atoms with Crippen molar-refractivity contribution in [1.82, 2.24) is 24.5 Å². The first-order valence-electron chi connectivity index (χ1n) is 5.83. The van der Waals surface area contributed by atoms with E-state index in [0.29, 0.717) is 12.4 Å². The van der Waals surface area contributed by atoms with E-state index in [1.807, 2.05) is 6.92 Å². The predicted molar refractivity (Wildman–Crippen MR) is 69.5 cm³/mol. The van der Waals surface area contributed by atoms with Crippen molar-refractivity contribution in [2.75, 3.05) is 5.73 Å². The highest BCUT2D eigenvalue weighted by Gasteiger charge is 2.21. The number of rotatable bonds is 6. The third kappa shape index (κ3) is 3.12. The van der Waals surface area contributed by atoms with E-state index in [1.165, 1.54) is 10.9 Å². The second kappa shape index (κ2) is 5.41. The fraction of sp³-hybridized carbons (Fsp3) is 0.400. The molecular formula is C10H16N6O2S. The first-order chi connectivity index (χ1) is 9.03. The lowest BCUT2D eigenvalue weighted by Gasteiger charge is -2.03. The highest BCUT2D eigenvalue weighted by Crippen LogP contribution is 2.16. The number of anilines is 1. The Morgan fingerprint density at radius 2 is 2.32 bits per heavy atom. The molecule has 0 saturated carbocycles. The Bertz CT molecular complexity index is 631. The van der Waals surface area contributed by atoms with Crippen molar-refractivity contribution in [2.45, 2.75) is 31.3 Å². The van der Waals surface area contributed by atoms with Crippen molar-refractivity contribution < 1.29 is 8.42 Å². The van der Waals surface area contributed by atoms with Crippen molar-refractivity contribution in [3.8, 4) is 0 Å². The third-order valence-corrected chi connectivity index (χ3v) is 3.90. The zero-order chi connectivity index (χ0) is 13.9. The monoisotopic (exact) mass is 284 g/mol. The number of nitrogens with zero attached hydrogens (tertiary/aromatic N) is 3. The van der Waals surface area contributed by atoms with Crippen molar-refractivity contribution in [3.63, 3.8) is 0 Å². The van der Waals surface area contributed by atoms with Crippen LogP contribution in [0.5, 0.6) is 0 Å². The van der Waals surface area contributed by atoms with Gasteiger partial charge in [0.15, 0.2) is 5.82 Å². The highest BCUT2D eigenvalue weighted by atomic mass is 32.2. The molecule has 0 aromatic carbocycles. The molecule has 0 atom stereocenters. The summed E-state index contributed by atoms with van der Waals surface area (Å²) >= 11 is 0. The van der Waals surface area contributed by atoms with Crippen molar-refractivity contribution in [3.05, 3.63) is 24.4 Å². The fourth-order valence-electron chi connectivity index (χ4n) is 1.60. The van der Waals surface area contributed by atoms with Crippen molar-refractivity contribution in [2.24, 2.45) is 0 Å². The zero-order valence-electron chi connectivity index (χ0n) is 10.5. The maximum absolute atomic E-state index is 12.1. The molecule has 0 bridgehead atoms. The minimum atomic E-state index is -3.68. The van der Waals surface area contributed by atoms with Crippen LogP contribution in [0.1, 0.15) is 19.2 Å². The molecule has 0 unspecified atom stereocenters. The number of nitrogen functional groups attached to an aromatic ring is 1. The van der Waals surface area contributed by atoms with Crippen LogP contribution in [0.4, 0.5) is 5.82 Å². The Kier molecular flexibility index (Phi) is 3.86. The largest absolute Gasteiger partial charge is 0.381 e. The van der Waals surface area contributed by atoms with Crippen LogP contribution < -0.4 is 10.5 Å². The van der Waals surface area contributed by atoms with Gasteiger partial charge in [-0.1, -0.05) is 6.92 Å². The molecule has 2 aromatic heterocycles. The summed E-state index contributed by atoms with van der Waals surface area (Å²) in [6, 6.07) is 0. The van der Waals surface area contributed by atoms with Gasteiger partial charge >= 0.3 is 0 Å². The Morgan fingerprint density at radius 1 is 1.53 bits per heavy atom. The molecule has 19 heavy (non-hydrogen) atoms. The molecule has 0 saturated heterocycles. The normalized spacial score (nSPS) is 11.8.